The lowest BCUT2D eigenvalue weighted by molar-refractivity contribution is -0.385. The van der Waals surface area contributed by atoms with Crippen LogP contribution in [-0.4, -0.2) is 18.0 Å². The second-order valence-electron chi connectivity index (χ2n) is 3.84. The predicted octanol–water partition coefficient (Wildman–Crippen LogP) is 2.83. The lowest BCUT2D eigenvalue weighted by Gasteiger charge is -1.98. The third-order valence-electron chi connectivity index (χ3n) is 2.51. The largest absolute Gasteiger partial charge is 0.465 e. The van der Waals surface area contributed by atoms with Crippen LogP contribution < -0.4 is 5.73 Å². The van der Waals surface area contributed by atoms with Gasteiger partial charge < -0.3 is 10.5 Å². The minimum atomic E-state index is -0.735. The van der Waals surface area contributed by atoms with Crippen molar-refractivity contribution >= 4 is 28.7 Å². The van der Waals surface area contributed by atoms with E-state index in [1.54, 1.807) is 0 Å². The van der Waals surface area contributed by atoms with Crippen LogP contribution in [0.3, 0.4) is 0 Å². The minimum absolute atomic E-state index is 0.175. The first-order valence-electron chi connectivity index (χ1n) is 5.35. The number of nitro groups is 1. The van der Waals surface area contributed by atoms with Crippen LogP contribution in [0.5, 0.6) is 0 Å². The number of esters is 1. The van der Waals surface area contributed by atoms with Gasteiger partial charge in [0.1, 0.15) is 10.7 Å². The normalized spacial score (nSPS) is 10.3. The van der Waals surface area contributed by atoms with Gasteiger partial charge >= 0.3 is 5.97 Å². The van der Waals surface area contributed by atoms with Crippen molar-refractivity contribution in [1.82, 2.24) is 0 Å². The summed E-state index contributed by atoms with van der Waals surface area (Å²) in [6.07, 6.45) is 0. The molecule has 0 saturated heterocycles. The van der Waals surface area contributed by atoms with E-state index in [1.165, 1.54) is 19.2 Å². The number of methoxy groups -OCH3 is 1. The van der Waals surface area contributed by atoms with Crippen LogP contribution in [-0.2, 0) is 4.74 Å². The van der Waals surface area contributed by atoms with E-state index >= 15 is 0 Å². The van der Waals surface area contributed by atoms with Crippen LogP contribution in [0.25, 0.3) is 10.4 Å². The number of nitrogens with zero attached hydrogens (tertiary/aromatic N) is 1. The highest BCUT2D eigenvalue weighted by atomic mass is 32.1. The van der Waals surface area contributed by atoms with Crippen molar-refractivity contribution < 1.29 is 18.8 Å². The van der Waals surface area contributed by atoms with Crippen molar-refractivity contribution in [3.05, 3.63) is 45.1 Å². The van der Waals surface area contributed by atoms with Crippen molar-refractivity contribution in [2.24, 2.45) is 0 Å². The summed E-state index contributed by atoms with van der Waals surface area (Å²) in [5.74, 6) is -1.34. The van der Waals surface area contributed by atoms with E-state index in [0.717, 1.165) is 23.5 Å². The van der Waals surface area contributed by atoms with Crippen molar-refractivity contribution in [2.75, 3.05) is 12.8 Å². The number of thiophene rings is 1. The molecule has 20 heavy (non-hydrogen) atoms. The molecule has 6 nitrogen and oxygen atoms in total. The van der Waals surface area contributed by atoms with E-state index in [0.29, 0.717) is 4.88 Å². The molecule has 0 unspecified atom stereocenters. The van der Waals surface area contributed by atoms with Gasteiger partial charge in [-0.05, 0) is 12.1 Å². The van der Waals surface area contributed by atoms with Crippen LogP contribution in [0.15, 0.2) is 24.3 Å². The Balaban J connectivity index is 2.52. The van der Waals surface area contributed by atoms with Gasteiger partial charge in [0.25, 0.3) is 5.69 Å². The number of halogens is 1. The average Bonchev–Trinajstić information content (AvgIpc) is 2.79. The summed E-state index contributed by atoms with van der Waals surface area (Å²) in [6, 6.07) is 4.63. The number of benzene rings is 1. The molecule has 0 amide bonds. The molecule has 0 aliphatic heterocycles. The minimum Gasteiger partial charge on any atom is -0.465 e. The maximum atomic E-state index is 13.4. The second kappa shape index (κ2) is 5.25. The third-order valence-corrected chi connectivity index (χ3v) is 3.69. The number of hydrogen-bond acceptors (Lipinski definition) is 6. The Morgan fingerprint density at radius 1 is 1.40 bits per heavy atom. The summed E-state index contributed by atoms with van der Waals surface area (Å²) in [5, 5.41) is 10.7. The Hall–Kier alpha value is -2.48. The van der Waals surface area contributed by atoms with E-state index in [1.807, 2.05) is 0 Å². The van der Waals surface area contributed by atoms with Crippen molar-refractivity contribution in [3.63, 3.8) is 0 Å². The molecule has 1 aromatic heterocycles. The lowest BCUT2D eigenvalue weighted by atomic mass is 10.1. The third kappa shape index (κ3) is 2.59. The van der Waals surface area contributed by atoms with Gasteiger partial charge in [-0.3, -0.25) is 10.1 Å². The maximum absolute atomic E-state index is 13.4. The molecule has 8 heteroatoms. The number of hydrogen-bond donors (Lipinski definition) is 1. The SMILES string of the molecule is COC(=O)c1sc(-c2cc(F)cc([N+](=O)[O-])c2)cc1N. The Bertz CT molecular complexity index is 699. The molecule has 0 fully saturated rings. The van der Waals surface area contributed by atoms with Gasteiger partial charge in [0, 0.05) is 16.5 Å². The summed E-state index contributed by atoms with van der Waals surface area (Å²) in [6.45, 7) is 0. The summed E-state index contributed by atoms with van der Waals surface area (Å²) in [7, 11) is 1.22. The molecule has 0 bridgehead atoms. The monoisotopic (exact) mass is 296 g/mol. The number of non-ortho nitro benzene ring substituents is 1. The molecule has 2 N–H and O–H groups in total. The Morgan fingerprint density at radius 2 is 2.10 bits per heavy atom. The summed E-state index contributed by atoms with van der Waals surface area (Å²) in [5.41, 5.74) is 5.77. The van der Waals surface area contributed by atoms with Crippen LogP contribution in [0, 0.1) is 15.9 Å². The van der Waals surface area contributed by atoms with Gasteiger partial charge in [-0.1, -0.05) is 0 Å². The number of ether oxygens (including phenoxy) is 1. The second-order valence-corrected chi connectivity index (χ2v) is 4.89. The van der Waals surface area contributed by atoms with Gasteiger partial charge in [0.2, 0.25) is 0 Å². The first-order valence-corrected chi connectivity index (χ1v) is 6.17. The molecule has 1 heterocycles. The maximum Gasteiger partial charge on any atom is 0.350 e. The molecule has 2 aromatic rings. The number of nitrogen functional groups attached to an aromatic ring is 1. The predicted molar refractivity (Wildman–Crippen MR) is 72.1 cm³/mol. The molecular weight excluding hydrogens is 287 g/mol. The Labute approximate surface area is 116 Å². The first-order chi connectivity index (χ1) is 9.42. The van der Waals surface area contributed by atoms with Gasteiger partial charge in [-0.25, -0.2) is 9.18 Å². The fraction of sp³-hybridized carbons (Fsp3) is 0.0833. The Morgan fingerprint density at radius 3 is 2.70 bits per heavy atom. The van der Waals surface area contributed by atoms with Gasteiger partial charge in [-0.2, -0.15) is 0 Å². The van der Waals surface area contributed by atoms with E-state index in [2.05, 4.69) is 4.74 Å². The Kier molecular flexibility index (Phi) is 3.66. The van der Waals surface area contributed by atoms with E-state index in [-0.39, 0.29) is 21.8 Å². The van der Waals surface area contributed by atoms with E-state index in [9.17, 15) is 19.3 Å². The number of anilines is 1. The zero-order valence-electron chi connectivity index (χ0n) is 10.3. The topological polar surface area (TPSA) is 95.5 Å². The highest BCUT2D eigenvalue weighted by molar-refractivity contribution is 7.18. The molecule has 0 aliphatic carbocycles. The standard InChI is InChI=1S/C12H9FN2O4S/c1-19-12(16)11-9(14)5-10(20-11)6-2-7(13)4-8(3-6)15(17)18/h2-5H,14H2,1H3. The van der Waals surface area contributed by atoms with E-state index in [4.69, 9.17) is 5.73 Å². The smallest absolute Gasteiger partial charge is 0.350 e. The summed E-state index contributed by atoms with van der Waals surface area (Å²) < 4.78 is 17.9. The number of rotatable bonds is 3. The number of carbonyl (C=O) groups excluding carboxylic acids is 1. The molecule has 104 valence electrons. The lowest BCUT2D eigenvalue weighted by Crippen LogP contribution is -2.00. The molecule has 0 spiro atoms. The average molecular weight is 296 g/mol. The molecular formula is C12H9FN2O4S. The van der Waals surface area contributed by atoms with Gasteiger partial charge in [0.05, 0.1) is 23.8 Å². The highest BCUT2D eigenvalue weighted by Crippen LogP contribution is 2.35. The van der Waals surface area contributed by atoms with Crippen LogP contribution in [0.1, 0.15) is 9.67 Å². The number of nitrogens with two attached hydrogens (primary N) is 1. The number of carbonyl (C=O) groups is 1. The van der Waals surface area contributed by atoms with Gasteiger partial charge in [-0.15, -0.1) is 11.3 Å². The van der Waals surface area contributed by atoms with Crippen molar-refractivity contribution in [3.8, 4) is 10.4 Å². The molecule has 2 rings (SSSR count). The van der Waals surface area contributed by atoms with Crippen LogP contribution >= 0.6 is 11.3 Å². The first kappa shape index (κ1) is 13.9. The quantitative estimate of drug-likeness (QED) is 0.534. The molecule has 0 aliphatic rings. The fourth-order valence-corrected chi connectivity index (χ4v) is 2.61. The molecule has 0 radical (unpaired) electrons. The summed E-state index contributed by atoms with van der Waals surface area (Å²) in [4.78, 5) is 22.1. The van der Waals surface area contributed by atoms with E-state index < -0.39 is 16.7 Å². The van der Waals surface area contributed by atoms with Crippen LogP contribution in [0.4, 0.5) is 15.8 Å². The fourth-order valence-electron chi connectivity index (χ4n) is 1.62. The van der Waals surface area contributed by atoms with Crippen molar-refractivity contribution in [2.45, 2.75) is 0 Å². The highest BCUT2D eigenvalue weighted by Gasteiger charge is 2.18. The van der Waals surface area contributed by atoms with Gasteiger partial charge in [0.15, 0.2) is 0 Å². The molecule has 0 atom stereocenters. The zero-order valence-corrected chi connectivity index (χ0v) is 11.1. The zero-order chi connectivity index (χ0) is 14.9. The van der Waals surface area contributed by atoms with Crippen molar-refractivity contribution in [1.29, 1.82) is 0 Å². The molecule has 0 saturated carbocycles. The van der Waals surface area contributed by atoms with Crippen LogP contribution in [0.2, 0.25) is 0 Å². The molecule has 1 aromatic carbocycles. The summed E-state index contributed by atoms with van der Waals surface area (Å²) >= 11 is 0.986. The number of nitro benzene ring substituents is 1.